The molecule has 4 rings (SSSR count). The van der Waals surface area contributed by atoms with Crippen LogP contribution in [0.2, 0.25) is 0 Å². The van der Waals surface area contributed by atoms with E-state index in [0.717, 1.165) is 0 Å². The zero-order valence-electron chi connectivity index (χ0n) is 18.8. The fourth-order valence-electron chi connectivity index (χ4n) is 4.37. The smallest absolute Gasteiger partial charge is 0.0131 e. The van der Waals surface area contributed by atoms with E-state index in [2.05, 4.69) is 128 Å². The van der Waals surface area contributed by atoms with Crippen LogP contribution in [0, 0.1) is 0 Å². The summed E-state index contributed by atoms with van der Waals surface area (Å²) in [7, 11) is -0.654. The van der Waals surface area contributed by atoms with Gasteiger partial charge in [0, 0.05) is 0 Å². The normalized spacial score (nSPS) is 12.2. The van der Waals surface area contributed by atoms with E-state index in [1.165, 1.54) is 46.6 Å². The van der Waals surface area contributed by atoms with Crippen molar-refractivity contribution in [3.63, 3.8) is 0 Å². The summed E-state index contributed by atoms with van der Waals surface area (Å²) < 4.78 is 0. The Balaban J connectivity index is 1.53. The highest BCUT2D eigenvalue weighted by atomic mass is 31.1. The van der Waals surface area contributed by atoms with Crippen LogP contribution in [0.5, 0.6) is 0 Å². The van der Waals surface area contributed by atoms with E-state index >= 15 is 0 Å². The van der Waals surface area contributed by atoms with E-state index in [9.17, 15) is 0 Å². The van der Waals surface area contributed by atoms with Gasteiger partial charge in [-0.2, -0.15) is 0 Å². The lowest BCUT2D eigenvalue weighted by Gasteiger charge is -2.29. The van der Waals surface area contributed by atoms with Gasteiger partial charge < -0.3 is 0 Å². The van der Waals surface area contributed by atoms with Gasteiger partial charge in [-0.1, -0.05) is 128 Å². The largest absolute Gasteiger partial charge is 0.0648 e. The second-order valence-corrected chi connectivity index (χ2v) is 12.9. The number of rotatable bonds is 10. The summed E-state index contributed by atoms with van der Waals surface area (Å²) in [6, 6.07) is 44.7. The first-order valence-corrected chi connectivity index (χ1v) is 14.6. The summed E-state index contributed by atoms with van der Waals surface area (Å²) >= 11 is 0. The summed E-state index contributed by atoms with van der Waals surface area (Å²) in [4.78, 5) is 0. The third-order valence-corrected chi connectivity index (χ3v) is 11.6. The van der Waals surface area contributed by atoms with Gasteiger partial charge in [-0.25, -0.2) is 0 Å². The zero-order valence-corrected chi connectivity index (χ0v) is 20.6. The van der Waals surface area contributed by atoms with Gasteiger partial charge >= 0.3 is 0 Å². The summed E-state index contributed by atoms with van der Waals surface area (Å²) in [6.07, 6.45) is 5.04. The maximum Gasteiger partial charge on any atom is -0.0131 e. The van der Waals surface area contributed by atoms with Gasteiger partial charge in [0.25, 0.3) is 0 Å². The molecule has 0 saturated heterocycles. The predicted molar refractivity (Wildman–Crippen MR) is 146 cm³/mol. The SMILES string of the molecule is CCC(CCCP(c1ccccc1)c1ccccc1)P(c1ccccc1)c1ccccc1. The highest BCUT2D eigenvalue weighted by Crippen LogP contribution is 2.44. The Hall–Kier alpha value is -2.26. The van der Waals surface area contributed by atoms with E-state index in [-0.39, 0.29) is 15.8 Å². The molecule has 32 heavy (non-hydrogen) atoms. The number of hydrogen-bond donors (Lipinski definition) is 0. The van der Waals surface area contributed by atoms with Crippen LogP contribution < -0.4 is 21.2 Å². The van der Waals surface area contributed by atoms with Crippen molar-refractivity contribution in [2.75, 3.05) is 6.16 Å². The van der Waals surface area contributed by atoms with E-state index in [4.69, 9.17) is 0 Å². The lowest BCUT2D eigenvalue weighted by molar-refractivity contribution is 0.718. The van der Waals surface area contributed by atoms with Crippen LogP contribution in [-0.2, 0) is 0 Å². The van der Waals surface area contributed by atoms with Gasteiger partial charge in [-0.05, 0) is 68.1 Å². The standard InChI is InChI=1S/C30H32P2/c1-2-26(32(29-20-11-5-12-21-29)30-22-13-6-14-23-30)24-15-25-31(27-16-7-3-8-17-27)28-18-9-4-10-19-28/h3-14,16-23,26H,2,15,24-25H2,1H3. The summed E-state index contributed by atoms with van der Waals surface area (Å²) in [5.41, 5.74) is 0.707. The molecule has 2 heteroatoms. The van der Waals surface area contributed by atoms with Crippen LogP contribution in [0.1, 0.15) is 26.2 Å². The average Bonchev–Trinajstić information content (AvgIpc) is 2.88. The molecule has 0 fully saturated rings. The van der Waals surface area contributed by atoms with Gasteiger partial charge in [0.1, 0.15) is 0 Å². The van der Waals surface area contributed by atoms with Gasteiger partial charge in [0.15, 0.2) is 0 Å². The van der Waals surface area contributed by atoms with E-state index in [1.807, 2.05) is 0 Å². The molecule has 1 atom stereocenters. The van der Waals surface area contributed by atoms with Crippen LogP contribution in [0.4, 0.5) is 0 Å². The molecular formula is C30H32P2. The fourth-order valence-corrected chi connectivity index (χ4v) is 9.68. The fraction of sp³-hybridized carbons (Fsp3) is 0.200. The van der Waals surface area contributed by atoms with Crippen molar-refractivity contribution in [2.45, 2.75) is 31.8 Å². The maximum absolute atomic E-state index is 2.38. The molecule has 0 aliphatic heterocycles. The van der Waals surface area contributed by atoms with E-state index in [0.29, 0.717) is 5.66 Å². The zero-order chi connectivity index (χ0) is 22.0. The average molecular weight is 455 g/mol. The third kappa shape index (κ3) is 5.95. The molecular weight excluding hydrogens is 422 g/mol. The highest BCUT2D eigenvalue weighted by molar-refractivity contribution is 7.73. The first-order valence-electron chi connectivity index (χ1n) is 11.6. The topological polar surface area (TPSA) is 0 Å². The second-order valence-electron chi connectivity index (χ2n) is 8.07. The molecule has 0 heterocycles. The quantitative estimate of drug-likeness (QED) is 0.231. The van der Waals surface area contributed by atoms with Gasteiger partial charge in [-0.3, -0.25) is 0 Å². The van der Waals surface area contributed by atoms with Crippen molar-refractivity contribution in [1.82, 2.24) is 0 Å². The van der Waals surface area contributed by atoms with Crippen molar-refractivity contribution >= 4 is 37.1 Å². The second kappa shape index (κ2) is 12.1. The monoisotopic (exact) mass is 454 g/mol. The molecule has 0 N–H and O–H groups in total. The highest BCUT2D eigenvalue weighted by Gasteiger charge is 2.23. The van der Waals surface area contributed by atoms with Crippen molar-refractivity contribution in [1.29, 1.82) is 0 Å². The Kier molecular flexibility index (Phi) is 8.67. The molecule has 162 valence electrons. The Morgan fingerprint density at radius 1 is 0.531 bits per heavy atom. The molecule has 0 aromatic heterocycles. The van der Waals surface area contributed by atoms with Crippen LogP contribution in [0.15, 0.2) is 121 Å². The van der Waals surface area contributed by atoms with Gasteiger partial charge in [-0.15, -0.1) is 0 Å². The Morgan fingerprint density at radius 2 is 0.906 bits per heavy atom. The summed E-state index contributed by atoms with van der Waals surface area (Å²) in [5.74, 6) is 0. The van der Waals surface area contributed by atoms with E-state index in [1.54, 1.807) is 0 Å². The Bertz CT molecular complexity index is 954. The lowest BCUT2D eigenvalue weighted by Crippen LogP contribution is -2.22. The number of benzene rings is 4. The summed E-state index contributed by atoms with van der Waals surface area (Å²) in [6.45, 7) is 2.38. The molecule has 0 amide bonds. The molecule has 4 aromatic rings. The van der Waals surface area contributed by atoms with Gasteiger partial charge in [0.2, 0.25) is 0 Å². The van der Waals surface area contributed by atoms with Crippen molar-refractivity contribution in [3.05, 3.63) is 121 Å². The molecule has 0 saturated carbocycles. The first-order chi connectivity index (χ1) is 15.9. The van der Waals surface area contributed by atoms with Crippen molar-refractivity contribution in [3.8, 4) is 0 Å². The third-order valence-electron chi connectivity index (χ3n) is 5.96. The van der Waals surface area contributed by atoms with Crippen LogP contribution >= 0.6 is 15.8 Å². The van der Waals surface area contributed by atoms with Crippen molar-refractivity contribution < 1.29 is 0 Å². The lowest BCUT2D eigenvalue weighted by atomic mass is 10.2. The van der Waals surface area contributed by atoms with Crippen LogP contribution in [0.3, 0.4) is 0 Å². The van der Waals surface area contributed by atoms with Crippen molar-refractivity contribution in [2.24, 2.45) is 0 Å². The van der Waals surface area contributed by atoms with Crippen LogP contribution in [0.25, 0.3) is 0 Å². The summed E-state index contributed by atoms with van der Waals surface area (Å²) in [5, 5.41) is 6.01. The Morgan fingerprint density at radius 3 is 1.28 bits per heavy atom. The number of hydrogen-bond acceptors (Lipinski definition) is 0. The minimum atomic E-state index is -0.347. The molecule has 0 radical (unpaired) electrons. The minimum absolute atomic E-state index is 0.307. The minimum Gasteiger partial charge on any atom is -0.0648 e. The Labute approximate surface area is 196 Å². The molecule has 0 aliphatic carbocycles. The molecule has 0 spiro atoms. The van der Waals surface area contributed by atoms with E-state index < -0.39 is 0 Å². The molecule has 4 aromatic carbocycles. The van der Waals surface area contributed by atoms with Crippen LogP contribution in [-0.4, -0.2) is 11.8 Å². The maximum atomic E-state index is 2.38. The first kappa shape index (κ1) is 22.9. The van der Waals surface area contributed by atoms with Gasteiger partial charge in [0.05, 0.1) is 0 Å². The molecule has 0 bridgehead atoms. The predicted octanol–water partition coefficient (Wildman–Crippen LogP) is 6.81. The molecule has 0 aliphatic rings. The molecule has 0 nitrogen and oxygen atoms in total. The molecule has 1 unspecified atom stereocenters.